The van der Waals surface area contributed by atoms with Crippen molar-refractivity contribution in [3.05, 3.63) is 76.8 Å². The number of nitrogens with zero attached hydrogens (tertiary/aromatic N) is 2. The average Bonchev–Trinajstić information content (AvgIpc) is 3.53. The van der Waals surface area contributed by atoms with Gasteiger partial charge in [-0.15, -0.1) is 11.3 Å². The van der Waals surface area contributed by atoms with Gasteiger partial charge in [-0.05, 0) is 42.0 Å². The number of benzene rings is 2. The van der Waals surface area contributed by atoms with E-state index in [1.807, 2.05) is 70.7 Å². The summed E-state index contributed by atoms with van der Waals surface area (Å²) in [4.78, 5) is 17.3. The molecule has 0 radical (unpaired) electrons. The molecule has 156 valence electrons. The molecule has 31 heavy (non-hydrogen) atoms. The van der Waals surface area contributed by atoms with Gasteiger partial charge in [-0.2, -0.15) is 0 Å². The van der Waals surface area contributed by atoms with Crippen molar-refractivity contribution in [2.24, 2.45) is 0 Å². The molecule has 8 heteroatoms. The molecule has 0 saturated heterocycles. The van der Waals surface area contributed by atoms with Crippen LogP contribution in [0.5, 0.6) is 11.5 Å². The third kappa shape index (κ3) is 4.28. The lowest BCUT2D eigenvalue weighted by Crippen LogP contribution is -2.27. The van der Waals surface area contributed by atoms with Crippen molar-refractivity contribution in [2.45, 2.75) is 13.1 Å². The van der Waals surface area contributed by atoms with E-state index in [1.54, 1.807) is 11.3 Å². The number of rotatable bonds is 6. The molecule has 0 atom stereocenters. The third-order valence-electron chi connectivity index (χ3n) is 4.93. The van der Waals surface area contributed by atoms with E-state index in [9.17, 15) is 4.79 Å². The summed E-state index contributed by atoms with van der Waals surface area (Å²) in [5.41, 5.74) is 3.75. The number of hydrogen-bond donors (Lipinski definition) is 1. The second-order valence-electron chi connectivity index (χ2n) is 7.03. The van der Waals surface area contributed by atoms with Crippen LogP contribution in [0.15, 0.2) is 66.2 Å². The predicted octanol–water partition coefficient (Wildman–Crippen LogP) is 4.98. The summed E-state index contributed by atoms with van der Waals surface area (Å²) >= 11 is 7.52. The molecule has 2 aromatic heterocycles. The number of carbonyl (C=O) groups excluding carboxylic acids is 1. The number of aromatic nitrogens is 2. The van der Waals surface area contributed by atoms with Crippen molar-refractivity contribution in [2.75, 3.05) is 6.79 Å². The van der Waals surface area contributed by atoms with Gasteiger partial charge in [0.05, 0.1) is 11.4 Å². The van der Waals surface area contributed by atoms with Gasteiger partial charge in [0.2, 0.25) is 12.7 Å². The molecule has 4 aromatic rings. The first kappa shape index (κ1) is 19.7. The number of nitrogens with one attached hydrogen (secondary N) is 1. The topological polar surface area (TPSA) is 65.4 Å². The number of thiazole rings is 1. The lowest BCUT2D eigenvalue weighted by Gasteiger charge is -2.09. The zero-order chi connectivity index (χ0) is 21.2. The summed E-state index contributed by atoms with van der Waals surface area (Å²) in [6.45, 7) is 0.866. The maximum absolute atomic E-state index is 12.5. The summed E-state index contributed by atoms with van der Waals surface area (Å²) < 4.78 is 12.6. The Labute approximate surface area is 188 Å². The summed E-state index contributed by atoms with van der Waals surface area (Å²) in [5, 5.41) is 6.52. The fourth-order valence-corrected chi connectivity index (χ4v) is 4.35. The Morgan fingerprint density at radius 1 is 1.13 bits per heavy atom. The number of fused-ring (bicyclic) bond motifs is 1. The van der Waals surface area contributed by atoms with Gasteiger partial charge in [-0.25, -0.2) is 4.98 Å². The number of ether oxygens (including phenoxy) is 2. The highest BCUT2D eigenvalue weighted by Gasteiger charge is 2.15. The van der Waals surface area contributed by atoms with Crippen LogP contribution in [0.3, 0.4) is 0 Å². The Morgan fingerprint density at radius 2 is 1.97 bits per heavy atom. The predicted molar refractivity (Wildman–Crippen MR) is 120 cm³/mol. The number of hydrogen-bond acceptors (Lipinski definition) is 5. The maximum atomic E-state index is 12.5. The van der Waals surface area contributed by atoms with Crippen LogP contribution in [0.4, 0.5) is 0 Å². The normalized spacial score (nSPS) is 12.2. The molecule has 1 amide bonds. The van der Waals surface area contributed by atoms with Gasteiger partial charge in [0.1, 0.15) is 11.6 Å². The number of carbonyl (C=O) groups is 1. The SMILES string of the molecule is O=C(Cn1cccc1-c1nc(-c2ccc(Cl)cc2)cs1)NCc1ccc2c(c1)OCO2. The standard InChI is InChI=1S/C23H18ClN3O3S/c24-17-6-4-16(5-7-17)18-13-31-23(26-18)19-2-1-9-27(19)12-22(28)25-11-15-3-8-20-21(10-15)30-14-29-20/h1-10,13H,11-12,14H2,(H,25,28). The van der Waals surface area contributed by atoms with Gasteiger partial charge in [0, 0.05) is 28.7 Å². The summed E-state index contributed by atoms with van der Waals surface area (Å²) in [5.74, 6) is 1.36. The van der Waals surface area contributed by atoms with Crippen LogP contribution < -0.4 is 14.8 Å². The molecular weight excluding hydrogens is 434 g/mol. The van der Waals surface area contributed by atoms with E-state index in [0.29, 0.717) is 17.3 Å². The van der Waals surface area contributed by atoms with Crippen LogP contribution in [-0.4, -0.2) is 22.3 Å². The minimum Gasteiger partial charge on any atom is -0.454 e. The van der Waals surface area contributed by atoms with Gasteiger partial charge in [0.15, 0.2) is 11.5 Å². The summed E-state index contributed by atoms with van der Waals surface area (Å²) in [7, 11) is 0. The monoisotopic (exact) mass is 451 g/mol. The highest BCUT2D eigenvalue weighted by atomic mass is 35.5. The molecule has 0 fully saturated rings. The number of amides is 1. The lowest BCUT2D eigenvalue weighted by atomic mass is 10.2. The third-order valence-corrected chi connectivity index (χ3v) is 6.05. The first-order valence-corrected chi connectivity index (χ1v) is 10.9. The van der Waals surface area contributed by atoms with Gasteiger partial charge >= 0.3 is 0 Å². The fraction of sp³-hybridized carbons (Fsp3) is 0.130. The van der Waals surface area contributed by atoms with Crippen LogP contribution in [0.25, 0.3) is 22.0 Å². The molecule has 3 heterocycles. The molecule has 6 nitrogen and oxygen atoms in total. The fourth-order valence-electron chi connectivity index (χ4n) is 3.35. The molecule has 0 aliphatic carbocycles. The Balaban J connectivity index is 1.25. The molecule has 0 bridgehead atoms. The van der Waals surface area contributed by atoms with Crippen LogP contribution in [0.2, 0.25) is 5.02 Å². The highest BCUT2D eigenvalue weighted by Crippen LogP contribution is 2.32. The zero-order valence-electron chi connectivity index (χ0n) is 16.4. The minimum absolute atomic E-state index is 0.0791. The largest absolute Gasteiger partial charge is 0.454 e. The molecule has 0 unspecified atom stereocenters. The van der Waals surface area contributed by atoms with E-state index < -0.39 is 0 Å². The second-order valence-corrected chi connectivity index (χ2v) is 8.33. The van der Waals surface area contributed by atoms with Gasteiger partial charge < -0.3 is 19.4 Å². The molecule has 2 aromatic carbocycles. The quantitative estimate of drug-likeness (QED) is 0.449. The number of halogens is 1. The van der Waals surface area contributed by atoms with Gasteiger partial charge in [0.25, 0.3) is 0 Å². The lowest BCUT2D eigenvalue weighted by molar-refractivity contribution is -0.121. The zero-order valence-corrected chi connectivity index (χ0v) is 17.9. The van der Waals surface area contributed by atoms with Crippen molar-refractivity contribution in [3.8, 4) is 33.5 Å². The maximum Gasteiger partial charge on any atom is 0.240 e. The van der Waals surface area contributed by atoms with E-state index in [4.69, 9.17) is 26.1 Å². The first-order chi connectivity index (χ1) is 15.2. The molecule has 5 rings (SSSR count). The van der Waals surface area contributed by atoms with Crippen molar-refractivity contribution in [1.29, 1.82) is 0 Å². The Kier molecular flexibility index (Phi) is 5.36. The Hall–Kier alpha value is -3.29. The van der Waals surface area contributed by atoms with Crippen molar-refractivity contribution in [3.63, 3.8) is 0 Å². The van der Waals surface area contributed by atoms with Gasteiger partial charge in [-0.3, -0.25) is 4.79 Å². The van der Waals surface area contributed by atoms with Crippen LogP contribution in [0, 0.1) is 0 Å². The molecule has 0 spiro atoms. The van der Waals surface area contributed by atoms with E-state index in [1.165, 1.54) is 0 Å². The van der Waals surface area contributed by atoms with Crippen LogP contribution in [0.1, 0.15) is 5.56 Å². The molecular formula is C23H18ClN3O3S. The van der Waals surface area contributed by atoms with E-state index in [2.05, 4.69) is 5.32 Å². The van der Waals surface area contributed by atoms with E-state index >= 15 is 0 Å². The molecule has 1 aliphatic heterocycles. The van der Waals surface area contributed by atoms with Crippen molar-refractivity contribution in [1.82, 2.24) is 14.9 Å². The van der Waals surface area contributed by atoms with Gasteiger partial charge in [-0.1, -0.05) is 29.8 Å². The summed E-state index contributed by atoms with van der Waals surface area (Å²) in [6.07, 6.45) is 1.89. The highest BCUT2D eigenvalue weighted by molar-refractivity contribution is 7.13. The molecule has 1 aliphatic rings. The van der Waals surface area contributed by atoms with Crippen molar-refractivity contribution >= 4 is 28.8 Å². The van der Waals surface area contributed by atoms with Crippen LogP contribution >= 0.6 is 22.9 Å². The first-order valence-electron chi connectivity index (χ1n) is 9.68. The summed E-state index contributed by atoms with van der Waals surface area (Å²) in [6, 6.07) is 17.1. The van der Waals surface area contributed by atoms with Crippen LogP contribution in [-0.2, 0) is 17.9 Å². The second kappa shape index (κ2) is 8.45. The smallest absolute Gasteiger partial charge is 0.240 e. The molecule has 1 N–H and O–H groups in total. The minimum atomic E-state index is -0.0791. The molecule has 0 saturated carbocycles. The van der Waals surface area contributed by atoms with E-state index in [-0.39, 0.29) is 19.2 Å². The Morgan fingerprint density at radius 3 is 2.84 bits per heavy atom. The Bertz CT molecular complexity index is 1230. The van der Waals surface area contributed by atoms with E-state index in [0.717, 1.165) is 33.3 Å². The average molecular weight is 452 g/mol. The van der Waals surface area contributed by atoms with Crippen molar-refractivity contribution < 1.29 is 14.3 Å².